The number of nitrogens with one attached hydrogen (secondary N) is 2. The molecule has 1 atom stereocenters. The Kier molecular flexibility index (Phi) is 13.1. The third kappa shape index (κ3) is 9.38. The van der Waals surface area contributed by atoms with Gasteiger partial charge in [-0.25, -0.2) is 0 Å². The molecule has 1 unspecified atom stereocenters. The van der Waals surface area contributed by atoms with Gasteiger partial charge in [0, 0.05) is 64.3 Å². The second kappa shape index (κ2) is 14.4. The number of rotatable bonds is 9. The first kappa shape index (κ1) is 26.4. The van der Waals surface area contributed by atoms with Gasteiger partial charge in [0.15, 0.2) is 5.96 Å². The first-order valence-corrected chi connectivity index (χ1v) is 11.3. The number of nitrogens with zero attached hydrogens (tertiary/aromatic N) is 4. The lowest BCUT2D eigenvalue weighted by Crippen LogP contribution is -2.46. The Balaban J connectivity index is 0.00000420. The first-order chi connectivity index (χ1) is 13.5. The largest absolute Gasteiger partial charge is 0.357 e. The summed E-state index contributed by atoms with van der Waals surface area (Å²) in [5.41, 5.74) is 0. The lowest BCUT2D eigenvalue weighted by molar-refractivity contribution is -0.133. The number of hydrogen-bond acceptors (Lipinski definition) is 4. The Bertz CT molecular complexity index is 494. The second-order valence-corrected chi connectivity index (χ2v) is 8.31. The van der Waals surface area contributed by atoms with Crippen LogP contribution in [0.4, 0.5) is 0 Å². The quantitative estimate of drug-likeness (QED) is 0.210. The van der Waals surface area contributed by atoms with Crippen molar-refractivity contribution >= 4 is 35.8 Å². The van der Waals surface area contributed by atoms with Gasteiger partial charge in [-0.15, -0.1) is 24.0 Å². The number of aliphatic imine (C=N–C) groups is 1. The zero-order valence-corrected chi connectivity index (χ0v) is 21.3. The maximum absolute atomic E-state index is 12.2. The van der Waals surface area contributed by atoms with E-state index in [1.165, 1.54) is 45.7 Å². The van der Waals surface area contributed by atoms with Crippen molar-refractivity contribution < 1.29 is 4.79 Å². The van der Waals surface area contributed by atoms with Crippen molar-refractivity contribution in [2.45, 2.75) is 53.0 Å². The van der Waals surface area contributed by atoms with Crippen LogP contribution in [-0.4, -0.2) is 98.1 Å². The molecule has 0 saturated carbocycles. The number of unbranched alkanes of at least 4 members (excludes halogenated alkanes) is 1. The molecule has 2 saturated heterocycles. The van der Waals surface area contributed by atoms with Gasteiger partial charge >= 0.3 is 0 Å². The molecule has 170 valence electrons. The van der Waals surface area contributed by atoms with Crippen molar-refractivity contribution in [1.29, 1.82) is 0 Å². The maximum Gasteiger partial charge on any atom is 0.225 e. The molecule has 2 rings (SSSR count). The number of carbonyl (C=O) groups excluding carboxylic acids is 1. The van der Waals surface area contributed by atoms with Crippen LogP contribution in [0.2, 0.25) is 0 Å². The number of piperazine rings is 1. The molecule has 2 N–H and O–H groups in total. The van der Waals surface area contributed by atoms with Gasteiger partial charge in [-0.05, 0) is 39.3 Å². The maximum atomic E-state index is 12.2. The molecule has 0 aliphatic carbocycles. The number of likely N-dealkylation sites (tertiary alicyclic amines) is 1. The summed E-state index contributed by atoms with van der Waals surface area (Å²) < 4.78 is 0. The van der Waals surface area contributed by atoms with E-state index in [0.29, 0.717) is 6.04 Å². The van der Waals surface area contributed by atoms with E-state index in [9.17, 15) is 4.79 Å². The number of halogens is 1. The Morgan fingerprint density at radius 2 is 1.76 bits per heavy atom. The van der Waals surface area contributed by atoms with E-state index in [1.807, 2.05) is 18.7 Å². The van der Waals surface area contributed by atoms with Crippen molar-refractivity contribution in [1.82, 2.24) is 25.3 Å². The lowest BCUT2D eigenvalue weighted by Gasteiger charge is -2.33. The molecule has 2 aliphatic heterocycles. The second-order valence-electron chi connectivity index (χ2n) is 8.31. The van der Waals surface area contributed by atoms with E-state index >= 15 is 0 Å². The minimum absolute atomic E-state index is 0. The fourth-order valence-electron chi connectivity index (χ4n) is 3.92. The van der Waals surface area contributed by atoms with E-state index < -0.39 is 0 Å². The van der Waals surface area contributed by atoms with E-state index in [4.69, 9.17) is 4.99 Å². The Labute approximate surface area is 195 Å². The molecule has 0 aromatic heterocycles. The number of amides is 1. The minimum atomic E-state index is 0. The standard InChI is InChI=1S/C21H42N6O.HI/c1-5-22-21(24-19-9-12-27(17-19)20(28)18(3)4)23-10-7-8-11-26-15-13-25(6-2)14-16-26;/h18-19H,5-17H2,1-4H3,(H2,22,23,24);1H. The SMILES string of the molecule is CCNC(=NCCCCN1CCN(CC)CC1)NC1CCN(C(=O)C(C)C)C1.I. The molecule has 0 radical (unpaired) electrons. The van der Waals surface area contributed by atoms with Crippen LogP contribution in [0.15, 0.2) is 4.99 Å². The van der Waals surface area contributed by atoms with Crippen LogP contribution in [0.1, 0.15) is 47.0 Å². The third-order valence-electron chi connectivity index (χ3n) is 5.74. The van der Waals surface area contributed by atoms with Crippen molar-refractivity contribution in [3.05, 3.63) is 0 Å². The summed E-state index contributed by atoms with van der Waals surface area (Å²) in [4.78, 5) is 24.0. The number of carbonyl (C=O) groups is 1. The lowest BCUT2D eigenvalue weighted by atomic mass is 10.2. The Morgan fingerprint density at radius 1 is 1.07 bits per heavy atom. The zero-order chi connectivity index (χ0) is 20.4. The molecular formula is C21H43IN6O. The fourth-order valence-corrected chi connectivity index (χ4v) is 3.92. The molecule has 2 heterocycles. The molecule has 2 aliphatic rings. The highest BCUT2D eigenvalue weighted by Gasteiger charge is 2.27. The molecule has 0 aromatic carbocycles. The Hall–Kier alpha value is -0.610. The predicted octanol–water partition coefficient (Wildman–Crippen LogP) is 1.83. The van der Waals surface area contributed by atoms with Gasteiger partial charge in [0.1, 0.15) is 0 Å². The van der Waals surface area contributed by atoms with Crippen molar-refractivity contribution in [3.8, 4) is 0 Å². The summed E-state index contributed by atoms with van der Waals surface area (Å²) in [6.45, 7) is 18.8. The van der Waals surface area contributed by atoms with E-state index in [0.717, 1.165) is 45.0 Å². The molecule has 29 heavy (non-hydrogen) atoms. The predicted molar refractivity (Wildman–Crippen MR) is 132 cm³/mol. The molecule has 7 nitrogen and oxygen atoms in total. The van der Waals surface area contributed by atoms with Gasteiger partial charge in [-0.1, -0.05) is 20.8 Å². The summed E-state index contributed by atoms with van der Waals surface area (Å²) in [6.07, 6.45) is 3.31. The summed E-state index contributed by atoms with van der Waals surface area (Å²) in [5, 5.41) is 6.87. The molecule has 0 bridgehead atoms. The summed E-state index contributed by atoms with van der Waals surface area (Å²) >= 11 is 0. The van der Waals surface area contributed by atoms with Gasteiger partial charge in [0.05, 0.1) is 0 Å². The van der Waals surface area contributed by atoms with Gasteiger partial charge in [-0.2, -0.15) is 0 Å². The fraction of sp³-hybridized carbons (Fsp3) is 0.905. The highest BCUT2D eigenvalue weighted by molar-refractivity contribution is 14.0. The summed E-state index contributed by atoms with van der Waals surface area (Å²) in [6, 6.07) is 0.301. The minimum Gasteiger partial charge on any atom is -0.357 e. The van der Waals surface area contributed by atoms with Crippen molar-refractivity contribution in [2.24, 2.45) is 10.9 Å². The van der Waals surface area contributed by atoms with E-state index in [-0.39, 0.29) is 35.8 Å². The highest BCUT2D eigenvalue weighted by atomic mass is 127. The zero-order valence-electron chi connectivity index (χ0n) is 19.0. The van der Waals surface area contributed by atoms with Crippen molar-refractivity contribution in [2.75, 3.05) is 65.4 Å². The van der Waals surface area contributed by atoms with Gasteiger partial charge < -0.3 is 25.3 Å². The topological polar surface area (TPSA) is 63.2 Å². The molecular weight excluding hydrogens is 479 g/mol. The van der Waals surface area contributed by atoms with Gasteiger partial charge in [-0.3, -0.25) is 9.79 Å². The normalized spacial score (nSPS) is 21.3. The average molecular weight is 523 g/mol. The van der Waals surface area contributed by atoms with Crippen molar-refractivity contribution in [3.63, 3.8) is 0 Å². The number of hydrogen-bond donors (Lipinski definition) is 2. The third-order valence-corrected chi connectivity index (χ3v) is 5.74. The van der Waals surface area contributed by atoms with Crippen LogP contribution in [0.5, 0.6) is 0 Å². The molecule has 2 fully saturated rings. The molecule has 1 amide bonds. The molecule has 8 heteroatoms. The molecule has 0 aromatic rings. The number of guanidine groups is 1. The van der Waals surface area contributed by atoms with Crippen LogP contribution in [0, 0.1) is 5.92 Å². The van der Waals surface area contributed by atoms with Crippen LogP contribution < -0.4 is 10.6 Å². The van der Waals surface area contributed by atoms with Crippen LogP contribution in [-0.2, 0) is 4.79 Å². The Morgan fingerprint density at radius 3 is 2.38 bits per heavy atom. The van der Waals surface area contributed by atoms with Crippen LogP contribution in [0.3, 0.4) is 0 Å². The van der Waals surface area contributed by atoms with E-state index in [1.54, 1.807) is 0 Å². The summed E-state index contributed by atoms with van der Waals surface area (Å²) in [5.74, 6) is 1.22. The van der Waals surface area contributed by atoms with Crippen LogP contribution >= 0.6 is 24.0 Å². The first-order valence-electron chi connectivity index (χ1n) is 11.3. The average Bonchev–Trinajstić information content (AvgIpc) is 3.16. The van der Waals surface area contributed by atoms with E-state index in [2.05, 4.69) is 34.3 Å². The summed E-state index contributed by atoms with van der Waals surface area (Å²) in [7, 11) is 0. The van der Waals surface area contributed by atoms with Gasteiger partial charge in [0.2, 0.25) is 5.91 Å². The smallest absolute Gasteiger partial charge is 0.225 e. The monoisotopic (exact) mass is 522 g/mol. The highest BCUT2D eigenvalue weighted by Crippen LogP contribution is 2.12. The molecule has 0 spiro atoms. The number of likely N-dealkylation sites (N-methyl/N-ethyl adjacent to an activating group) is 1. The van der Waals surface area contributed by atoms with Gasteiger partial charge in [0.25, 0.3) is 0 Å². The van der Waals surface area contributed by atoms with Crippen LogP contribution in [0.25, 0.3) is 0 Å².